The second kappa shape index (κ2) is 10.7. The molecule has 0 saturated heterocycles. The number of hydrogen-bond donors (Lipinski definition) is 2. The Kier molecular flexibility index (Phi) is 7.17. The van der Waals surface area contributed by atoms with Crippen LogP contribution < -0.4 is 15.8 Å². The van der Waals surface area contributed by atoms with Gasteiger partial charge in [0.25, 0.3) is 11.8 Å². The van der Waals surface area contributed by atoms with Crippen LogP contribution in [-0.4, -0.2) is 45.8 Å². The highest BCUT2D eigenvalue weighted by Crippen LogP contribution is 2.43. The van der Waals surface area contributed by atoms with E-state index in [2.05, 4.69) is 26.9 Å². The molecule has 1 saturated carbocycles. The first kappa shape index (κ1) is 26.7. The number of ether oxygens (including phenoxy) is 1. The minimum Gasteiger partial charge on any atom is -0.496 e. The summed E-state index contributed by atoms with van der Waals surface area (Å²) in [4.78, 5) is 37.6. The van der Waals surface area contributed by atoms with Crippen molar-refractivity contribution in [2.24, 2.45) is 18.0 Å². The lowest BCUT2D eigenvalue weighted by molar-refractivity contribution is -0.112. The number of aliphatic imine (C=N–C) groups is 1. The van der Waals surface area contributed by atoms with Crippen LogP contribution in [0, 0.1) is 5.92 Å². The summed E-state index contributed by atoms with van der Waals surface area (Å²) in [5, 5.41) is 3.47. The number of amides is 2. The van der Waals surface area contributed by atoms with Gasteiger partial charge in [-0.2, -0.15) is 0 Å². The minimum atomic E-state index is -0.821. The number of halogens is 1. The number of carbonyl (C=O) groups excluding carboxylic acids is 2. The second-order valence-electron chi connectivity index (χ2n) is 9.88. The number of nitrogens with one attached hydrogen (secondary N) is 1. The maximum absolute atomic E-state index is 13.1. The molecular weight excluding hydrogens is 511 g/mol. The normalized spacial score (nSPS) is 16.6. The molecule has 2 heterocycles. The number of methoxy groups -OCH3 is 1. The van der Waals surface area contributed by atoms with Crippen LogP contribution >= 0.6 is 0 Å². The molecule has 3 N–H and O–H groups in total. The molecule has 0 bridgehead atoms. The van der Waals surface area contributed by atoms with Gasteiger partial charge >= 0.3 is 0 Å². The quantitative estimate of drug-likeness (QED) is 0.240. The number of aryl methyl sites for hydroxylation is 1. The monoisotopic (exact) mass is 540 g/mol. The number of hydrogen-bond acceptors (Lipinski definition) is 6. The van der Waals surface area contributed by atoms with Crippen molar-refractivity contribution in [1.82, 2.24) is 14.5 Å². The molecule has 2 amide bonds. The Morgan fingerprint density at radius 1 is 1.18 bits per heavy atom. The highest BCUT2D eigenvalue weighted by atomic mass is 19.1. The van der Waals surface area contributed by atoms with Crippen LogP contribution in [0.2, 0.25) is 0 Å². The molecule has 5 rings (SSSR count). The lowest BCUT2D eigenvalue weighted by Gasteiger charge is -2.25. The summed E-state index contributed by atoms with van der Waals surface area (Å²) in [6, 6.07) is 12.6. The fraction of sp³-hybridized carbons (Fsp3) is 0.233. The molecule has 0 aliphatic heterocycles. The van der Waals surface area contributed by atoms with Gasteiger partial charge in [0.05, 0.1) is 23.8 Å². The van der Waals surface area contributed by atoms with E-state index in [0.717, 1.165) is 22.4 Å². The lowest BCUT2D eigenvalue weighted by atomic mass is 9.84. The van der Waals surface area contributed by atoms with E-state index < -0.39 is 12.1 Å². The number of benzene rings is 2. The molecule has 10 heteroatoms. The number of alkyl halides is 1. The van der Waals surface area contributed by atoms with Crippen LogP contribution in [0.5, 0.6) is 5.75 Å². The third-order valence-corrected chi connectivity index (χ3v) is 7.04. The first-order chi connectivity index (χ1) is 19.2. The van der Waals surface area contributed by atoms with E-state index in [1.165, 1.54) is 19.7 Å². The smallest absolute Gasteiger partial charge is 0.280 e. The zero-order valence-electron chi connectivity index (χ0n) is 22.4. The molecule has 9 nitrogen and oxygen atoms in total. The van der Waals surface area contributed by atoms with Crippen LogP contribution in [0.15, 0.2) is 65.9 Å². The molecule has 0 unspecified atom stereocenters. The van der Waals surface area contributed by atoms with Crippen molar-refractivity contribution in [3.8, 4) is 28.1 Å². The van der Waals surface area contributed by atoms with E-state index >= 15 is 0 Å². The molecule has 4 aromatic rings. The molecule has 1 aliphatic carbocycles. The molecule has 204 valence electrons. The van der Waals surface area contributed by atoms with E-state index in [1.807, 2.05) is 23.7 Å². The number of anilines is 2. The Morgan fingerprint density at radius 2 is 1.88 bits per heavy atom. The predicted octanol–water partition coefficient (Wildman–Crippen LogP) is 5.37. The van der Waals surface area contributed by atoms with Crippen LogP contribution in [0.1, 0.15) is 30.1 Å². The van der Waals surface area contributed by atoms with Gasteiger partial charge in [-0.15, -0.1) is 0 Å². The van der Waals surface area contributed by atoms with Gasteiger partial charge in [0.1, 0.15) is 29.7 Å². The van der Waals surface area contributed by atoms with E-state index in [0.29, 0.717) is 52.3 Å². The predicted molar refractivity (Wildman–Crippen MR) is 154 cm³/mol. The third kappa shape index (κ3) is 4.95. The Balaban J connectivity index is 1.59. The number of fused-ring (bicyclic) bond motifs is 1. The summed E-state index contributed by atoms with van der Waals surface area (Å²) in [6.07, 6.45) is 2.89. The van der Waals surface area contributed by atoms with Gasteiger partial charge in [-0.05, 0) is 61.1 Å². The molecule has 2 aromatic heterocycles. The topological polar surface area (TPSA) is 124 Å². The van der Waals surface area contributed by atoms with Gasteiger partial charge in [-0.3, -0.25) is 9.59 Å². The largest absolute Gasteiger partial charge is 0.496 e. The first-order valence-corrected chi connectivity index (χ1v) is 12.7. The minimum absolute atomic E-state index is 0.0223. The maximum atomic E-state index is 13.1. The van der Waals surface area contributed by atoms with Crippen molar-refractivity contribution >= 4 is 40.6 Å². The molecule has 0 spiro atoms. The summed E-state index contributed by atoms with van der Waals surface area (Å²) in [5.74, 6) is -0.0908. The zero-order chi connectivity index (χ0) is 28.6. The number of nitrogens with two attached hydrogens (primary N) is 1. The number of carbonyl (C=O) groups is 2. The van der Waals surface area contributed by atoms with Gasteiger partial charge in [0, 0.05) is 30.1 Å². The molecular formula is C30H29FN6O3. The number of rotatable bonds is 7. The molecule has 0 atom stereocenters. The van der Waals surface area contributed by atoms with Crippen LogP contribution in [-0.2, 0) is 11.8 Å². The fourth-order valence-electron chi connectivity index (χ4n) is 4.82. The first-order valence-electron chi connectivity index (χ1n) is 12.7. The molecule has 2 aromatic carbocycles. The Labute approximate surface area is 230 Å². The Bertz CT molecular complexity index is 1670. The van der Waals surface area contributed by atoms with E-state index in [4.69, 9.17) is 10.5 Å². The van der Waals surface area contributed by atoms with Crippen molar-refractivity contribution in [1.29, 1.82) is 0 Å². The van der Waals surface area contributed by atoms with Crippen molar-refractivity contribution < 1.29 is 18.7 Å². The molecule has 1 fully saturated rings. The van der Waals surface area contributed by atoms with Gasteiger partial charge in [0.2, 0.25) is 0 Å². The number of aromatic nitrogens is 3. The standard InChI is InChI=1S/C30H29FN6O3/c1-16(2)29(38)36-21-8-5-18(6-9-21)26-24(25-27(32)34-15-35-28(25)37(26)3)19-7-10-22(23(13-19)40-4)30(39)33-14-17-11-20(31)12-17/h5-10,13-15,17,20H,1,11-12H2,2-4H3,(H,36,38)(H2,32,34,35)/b33-14-. The van der Waals surface area contributed by atoms with Crippen LogP contribution in [0.4, 0.5) is 15.9 Å². The Morgan fingerprint density at radius 3 is 2.52 bits per heavy atom. The highest BCUT2D eigenvalue weighted by molar-refractivity contribution is 6.09. The molecule has 0 radical (unpaired) electrons. The fourth-order valence-corrected chi connectivity index (χ4v) is 4.82. The zero-order valence-corrected chi connectivity index (χ0v) is 22.4. The SMILES string of the molecule is C=C(C)C(=O)Nc1ccc(-c2c(-c3ccc(C(=O)/N=C\C4CC(F)C4)c(OC)c3)c3c(N)ncnc3n2C)cc1. The van der Waals surface area contributed by atoms with E-state index in [9.17, 15) is 14.0 Å². The molecule has 1 aliphatic rings. The van der Waals surface area contributed by atoms with Gasteiger partial charge in [0.15, 0.2) is 0 Å². The van der Waals surface area contributed by atoms with Gasteiger partial charge < -0.3 is 20.4 Å². The van der Waals surface area contributed by atoms with Crippen molar-refractivity contribution in [3.63, 3.8) is 0 Å². The average Bonchev–Trinajstić information content (AvgIpc) is 3.23. The van der Waals surface area contributed by atoms with Gasteiger partial charge in [-0.25, -0.2) is 19.4 Å². The van der Waals surface area contributed by atoms with E-state index in [1.54, 1.807) is 37.3 Å². The molecule has 40 heavy (non-hydrogen) atoms. The third-order valence-electron chi connectivity index (χ3n) is 7.04. The second-order valence-corrected chi connectivity index (χ2v) is 9.88. The summed E-state index contributed by atoms with van der Waals surface area (Å²) in [6.45, 7) is 5.32. The number of nitrogen functional groups attached to an aromatic ring is 1. The maximum Gasteiger partial charge on any atom is 0.280 e. The highest BCUT2D eigenvalue weighted by Gasteiger charge is 2.28. The van der Waals surface area contributed by atoms with Crippen molar-refractivity contribution in [2.75, 3.05) is 18.2 Å². The lowest BCUT2D eigenvalue weighted by Crippen LogP contribution is -2.26. The summed E-state index contributed by atoms with van der Waals surface area (Å²) >= 11 is 0. The summed E-state index contributed by atoms with van der Waals surface area (Å²) in [5.41, 5.74) is 11.5. The van der Waals surface area contributed by atoms with Crippen LogP contribution in [0.3, 0.4) is 0 Å². The average molecular weight is 541 g/mol. The van der Waals surface area contributed by atoms with Crippen molar-refractivity contribution in [2.45, 2.75) is 25.9 Å². The summed E-state index contributed by atoms with van der Waals surface area (Å²) < 4.78 is 20.6. The number of nitrogens with zero attached hydrogens (tertiary/aromatic N) is 4. The van der Waals surface area contributed by atoms with Crippen LogP contribution in [0.25, 0.3) is 33.4 Å². The Hall–Kier alpha value is -4.86. The van der Waals surface area contributed by atoms with Gasteiger partial charge in [-0.1, -0.05) is 24.8 Å². The summed E-state index contributed by atoms with van der Waals surface area (Å²) in [7, 11) is 3.37. The van der Waals surface area contributed by atoms with E-state index in [-0.39, 0.29) is 11.8 Å². The van der Waals surface area contributed by atoms with Crippen molar-refractivity contribution in [3.05, 3.63) is 66.5 Å².